The fourth-order valence-corrected chi connectivity index (χ4v) is 0.742. The molecular formula is C12H12O4-2. The second-order valence-corrected chi connectivity index (χ2v) is 2.85. The van der Waals surface area contributed by atoms with E-state index in [-0.39, 0.29) is 11.1 Å². The van der Waals surface area contributed by atoms with E-state index in [4.69, 9.17) is 0 Å². The highest BCUT2D eigenvalue weighted by atomic mass is 16.4. The highest BCUT2D eigenvalue weighted by Crippen LogP contribution is 2.01. The summed E-state index contributed by atoms with van der Waals surface area (Å²) in [6.45, 7) is 5.54. The summed E-state index contributed by atoms with van der Waals surface area (Å²) in [6.07, 6.45) is 2.96. The molecule has 1 aromatic carbocycles. The van der Waals surface area contributed by atoms with Crippen LogP contribution in [0.1, 0.15) is 34.1 Å². The lowest BCUT2D eigenvalue weighted by atomic mass is 10.1. The van der Waals surface area contributed by atoms with Crippen molar-refractivity contribution in [3.8, 4) is 0 Å². The molecule has 4 heteroatoms. The Bertz CT molecular complexity index is 332. The minimum absolute atomic E-state index is 0.0556. The highest BCUT2D eigenvalue weighted by molar-refractivity contribution is 5.89. The maximum Gasteiger partial charge on any atom is 0.0715 e. The Balaban J connectivity index is 0.000000487. The number of carbonyl (C=O) groups is 2. The number of hydrogen-bond acceptors (Lipinski definition) is 4. The average Bonchev–Trinajstić information content (AvgIpc) is 2.29. The van der Waals surface area contributed by atoms with Crippen molar-refractivity contribution in [1.29, 1.82) is 0 Å². The molecule has 1 rings (SSSR count). The summed E-state index contributed by atoms with van der Waals surface area (Å²) in [7, 11) is 0. The van der Waals surface area contributed by atoms with Crippen molar-refractivity contribution < 1.29 is 19.8 Å². The lowest BCUT2D eigenvalue weighted by molar-refractivity contribution is -0.256. The third kappa shape index (κ3) is 4.95. The molecule has 0 spiro atoms. The molecular weight excluding hydrogens is 208 g/mol. The predicted molar refractivity (Wildman–Crippen MR) is 55.6 cm³/mol. The largest absolute Gasteiger partial charge is 0.545 e. The van der Waals surface area contributed by atoms with Crippen LogP contribution >= 0.6 is 0 Å². The van der Waals surface area contributed by atoms with Crippen molar-refractivity contribution in [2.45, 2.75) is 13.3 Å². The lowest BCUT2D eigenvalue weighted by Gasteiger charge is -2.04. The number of carboxylic acid groups (broad SMARTS) is 2. The minimum atomic E-state index is -1.33. The summed E-state index contributed by atoms with van der Waals surface area (Å²) in [4.78, 5) is 20.4. The van der Waals surface area contributed by atoms with Gasteiger partial charge in [-0.1, -0.05) is 37.3 Å². The van der Waals surface area contributed by atoms with Crippen molar-refractivity contribution in [2.75, 3.05) is 0 Å². The molecule has 0 unspecified atom stereocenters. The van der Waals surface area contributed by atoms with E-state index in [1.807, 2.05) is 6.08 Å². The van der Waals surface area contributed by atoms with Crippen molar-refractivity contribution in [3.63, 3.8) is 0 Å². The second kappa shape index (κ2) is 7.23. The summed E-state index contributed by atoms with van der Waals surface area (Å²) in [5.74, 6) is -2.67. The van der Waals surface area contributed by atoms with Crippen LogP contribution < -0.4 is 10.2 Å². The van der Waals surface area contributed by atoms with Gasteiger partial charge in [-0.15, -0.1) is 6.58 Å². The first-order valence-corrected chi connectivity index (χ1v) is 4.66. The molecule has 0 aliphatic heterocycles. The number of benzene rings is 1. The smallest absolute Gasteiger partial charge is 0.0715 e. The SMILES string of the molecule is C=CCC.O=C([O-])c1ccc(C(=O)[O-])cc1. The molecule has 1 aromatic rings. The van der Waals surface area contributed by atoms with Gasteiger partial charge in [0, 0.05) is 0 Å². The summed E-state index contributed by atoms with van der Waals surface area (Å²) in [6, 6.07) is 4.61. The molecule has 0 atom stereocenters. The summed E-state index contributed by atoms with van der Waals surface area (Å²) >= 11 is 0. The first-order valence-electron chi connectivity index (χ1n) is 4.66. The van der Waals surface area contributed by atoms with E-state index < -0.39 is 11.9 Å². The van der Waals surface area contributed by atoms with Crippen molar-refractivity contribution >= 4 is 11.9 Å². The van der Waals surface area contributed by atoms with Gasteiger partial charge in [-0.2, -0.15) is 0 Å². The normalized spacial score (nSPS) is 8.56. The number of allylic oxidation sites excluding steroid dienone is 1. The molecule has 0 aliphatic carbocycles. The first kappa shape index (κ1) is 13.9. The second-order valence-electron chi connectivity index (χ2n) is 2.85. The zero-order valence-electron chi connectivity index (χ0n) is 8.93. The van der Waals surface area contributed by atoms with Crippen LogP contribution in [-0.2, 0) is 0 Å². The van der Waals surface area contributed by atoms with Gasteiger partial charge in [-0.05, 0) is 17.5 Å². The van der Waals surface area contributed by atoms with Gasteiger partial charge in [0.15, 0.2) is 0 Å². The number of rotatable bonds is 3. The Morgan fingerprint density at radius 1 is 1.12 bits per heavy atom. The van der Waals surface area contributed by atoms with E-state index in [9.17, 15) is 19.8 Å². The van der Waals surface area contributed by atoms with Gasteiger partial charge in [0.2, 0.25) is 0 Å². The zero-order chi connectivity index (χ0) is 12.6. The molecule has 0 N–H and O–H groups in total. The van der Waals surface area contributed by atoms with E-state index in [1.54, 1.807) is 0 Å². The highest BCUT2D eigenvalue weighted by Gasteiger charge is 1.94. The summed E-state index contributed by atoms with van der Waals surface area (Å²) in [5.41, 5.74) is -0.111. The van der Waals surface area contributed by atoms with Crippen molar-refractivity contribution in [1.82, 2.24) is 0 Å². The van der Waals surface area contributed by atoms with E-state index in [2.05, 4.69) is 13.5 Å². The Labute approximate surface area is 93.8 Å². The topological polar surface area (TPSA) is 80.3 Å². The molecule has 0 saturated heterocycles. The van der Waals surface area contributed by atoms with Gasteiger partial charge >= 0.3 is 0 Å². The molecule has 86 valence electrons. The van der Waals surface area contributed by atoms with Gasteiger partial charge in [-0.3, -0.25) is 0 Å². The Morgan fingerprint density at radius 2 is 1.38 bits per heavy atom. The van der Waals surface area contributed by atoms with Crippen molar-refractivity contribution in [3.05, 3.63) is 48.0 Å². The number of carbonyl (C=O) groups excluding carboxylic acids is 2. The maximum atomic E-state index is 10.2. The van der Waals surface area contributed by atoms with Crippen LogP contribution in [0.2, 0.25) is 0 Å². The maximum absolute atomic E-state index is 10.2. The number of carboxylic acids is 2. The van der Waals surface area contributed by atoms with Gasteiger partial charge in [0.1, 0.15) is 0 Å². The Hall–Kier alpha value is -2.10. The fourth-order valence-electron chi connectivity index (χ4n) is 0.742. The van der Waals surface area contributed by atoms with E-state index >= 15 is 0 Å². The van der Waals surface area contributed by atoms with E-state index in [1.165, 1.54) is 0 Å². The molecule has 16 heavy (non-hydrogen) atoms. The summed E-state index contributed by atoms with van der Waals surface area (Å²) < 4.78 is 0. The fraction of sp³-hybridized carbons (Fsp3) is 0.167. The third-order valence-electron chi connectivity index (χ3n) is 1.64. The van der Waals surface area contributed by atoms with Crippen LogP contribution in [0.25, 0.3) is 0 Å². The number of hydrogen-bond donors (Lipinski definition) is 0. The number of aromatic carboxylic acids is 2. The molecule has 0 saturated carbocycles. The monoisotopic (exact) mass is 220 g/mol. The summed E-state index contributed by atoms with van der Waals surface area (Å²) in [5, 5.41) is 20.4. The lowest BCUT2D eigenvalue weighted by Crippen LogP contribution is -2.24. The van der Waals surface area contributed by atoms with Crippen LogP contribution in [-0.4, -0.2) is 11.9 Å². The van der Waals surface area contributed by atoms with Gasteiger partial charge < -0.3 is 19.8 Å². The van der Waals surface area contributed by atoms with Gasteiger partial charge in [0.25, 0.3) is 0 Å². The van der Waals surface area contributed by atoms with Gasteiger partial charge in [-0.25, -0.2) is 0 Å². The van der Waals surface area contributed by atoms with Crippen LogP contribution in [0.15, 0.2) is 36.9 Å². The molecule has 0 amide bonds. The minimum Gasteiger partial charge on any atom is -0.545 e. The molecule has 4 nitrogen and oxygen atoms in total. The molecule has 0 radical (unpaired) electrons. The predicted octanol–water partition coefficient (Wildman–Crippen LogP) is -0.00400. The zero-order valence-corrected chi connectivity index (χ0v) is 8.93. The third-order valence-corrected chi connectivity index (χ3v) is 1.64. The average molecular weight is 220 g/mol. The van der Waals surface area contributed by atoms with Crippen LogP contribution in [0, 0.1) is 0 Å². The van der Waals surface area contributed by atoms with Gasteiger partial charge in [0.05, 0.1) is 11.9 Å². The molecule has 0 bridgehead atoms. The first-order chi connectivity index (χ1) is 7.52. The standard InChI is InChI=1S/C8H6O4.C4H8/c9-7(10)5-1-2-6(4-3-5)8(11)12;1-3-4-2/h1-4H,(H,9,10)(H,11,12);3H,1,4H2,2H3/p-2. The quantitative estimate of drug-likeness (QED) is 0.671. The molecule has 0 fully saturated rings. The van der Waals surface area contributed by atoms with E-state index in [0.717, 1.165) is 30.7 Å². The Kier molecular flexibility index (Phi) is 6.28. The van der Waals surface area contributed by atoms with Crippen LogP contribution in [0.4, 0.5) is 0 Å². The van der Waals surface area contributed by atoms with Crippen LogP contribution in [0.5, 0.6) is 0 Å². The molecule has 0 aromatic heterocycles. The van der Waals surface area contributed by atoms with Crippen LogP contribution in [0.3, 0.4) is 0 Å². The molecule has 0 aliphatic rings. The Morgan fingerprint density at radius 3 is 1.50 bits per heavy atom. The van der Waals surface area contributed by atoms with E-state index in [0.29, 0.717) is 0 Å². The molecule has 0 heterocycles. The van der Waals surface area contributed by atoms with Crippen molar-refractivity contribution in [2.24, 2.45) is 0 Å².